The molecule has 0 spiro atoms. The van der Waals surface area contributed by atoms with Crippen LogP contribution in [0.25, 0.3) is 0 Å². The van der Waals surface area contributed by atoms with Gasteiger partial charge >= 0.3 is 6.03 Å². The molecule has 1 saturated heterocycles. The summed E-state index contributed by atoms with van der Waals surface area (Å²) in [6.07, 6.45) is 7.10. The third-order valence-electron chi connectivity index (χ3n) is 5.40. The number of nitrogens with zero attached hydrogens (tertiary/aromatic N) is 4. The van der Waals surface area contributed by atoms with Gasteiger partial charge in [0, 0.05) is 38.2 Å². The van der Waals surface area contributed by atoms with Crippen molar-refractivity contribution in [3.05, 3.63) is 53.6 Å². The molecule has 7 heteroatoms. The summed E-state index contributed by atoms with van der Waals surface area (Å²) >= 11 is 0. The maximum absolute atomic E-state index is 13.3. The van der Waals surface area contributed by atoms with Crippen LogP contribution in [0.5, 0.6) is 0 Å². The number of urea groups is 1. The number of carbonyl (C=O) groups excluding carboxylic acids is 1. The lowest BCUT2D eigenvalue weighted by molar-refractivity contribution is 0.167. The summed E-state index contributed by atoms with van der Waals surface area (Å²) in [6, 6.07) is 6.43. The van der Waals surface area contributed by atoms with Crippen LogP contribution in [0.1, 0.15) is 36.8 Å². The van der Waals surface area contributed by atoms with E-state index in [1.807, 2.05) is 4.90 Å². The fraction of sp³-hybridized carbons (Fsp3) is 0.409. The molecule has 2 aliphatic rings. The fourth-order valence-electron chi connectivity index (χ4n) is 4.10. The van der Waals surface area contributed by atoms with E-state index < -0.39 is 0 Å². The first-order valence-electron chi connectivity index (χ1n) is 9.86. The van der Waals surface area contributed by atoms with Gasteiger partial charge in [0.05, 0.1) is 17.6 Å². The first kappa shape index (κ1) is 19.3. The van der Waals surface area contributed by atoms with Crippen molar-refractivity contribution in [2.45, 2.75) is 37.8 Å². The number of hydrogen-bond donors (Lipinski definition) is 0. The van der Waals surface area contributed by atoms with Gasteiger partial charge in [0.15, 0.2) is 0 Å². The van der Waals surface area contributed by atoms with Crippen molar-refractivity contribution in [1.29, 1.82) is 0 Å². The van der Waals surface area contributed by atoms with E-state index in [1.165, 1.54) is 12.1 Å². The first-order valence-corrected chi connectivity index (χ1v) is 9.86. The Morgan fingerprint density at radius 1 is 1.17 bits per heavy atom. The topological polar surface area (TPSA) is 58.6 Å². The molecule has 4 rings (SSSR count). The Balaban J connectivity index is 1.50. The Kier molecular flexibility index (Phi) is 5.72. The van der Waals surface area contributed by atoms with Gasteiger partial charge in [0.25, 0.3) is 0 Å². The number of rotatable bonds is 5. The molecule has 2 fully saturated rings. The minimum atomic E-state index is -0.322. The molecule has 0 unspecified atom stereocenters. The van der Waals surface area contributed by atoms with Crippen LogP contribution in [0.4, 0.5) is 15.1 Å². The SMILES string of the molecule is COCCCN1C(=O)N(c2ncc(C#Cc3cccc(F)c3)cn2)[C@@H]2CCC[C@@H]21. The summed E-state index contributed by atoms with van der Waals surface area (Å²) < 4.78 is 18.4. The largest absolute Gasteiger partial charge is 0.385 e. The highest BCUT2D eigenvalue weighted by Crippen LogP contribution is 2.37. The Labute approximate surface area is 169 Å². The van der Waals surface area contributed by atoms with Gasteiger partial charge in [-0.15, -0.1) is 0 Å². The molecule has 1 aliphatic carbocycles. The van der Waals surface area contributed by atoms with E-state index in [0.717, 1.165) is 25.7 Å². The Morgan fingerprint density at radius 2 is 1.93 bits per heavy atom. The van der Waals surface area contributed by atoms with E-state index in [1.54, 1.807) is 36.5 Å². The highest BCUT2D eigenvalue weighted by atomic mass is 19.1. The van der Waals surface area contributed by atoms with Gasteiger partial charge in [-0.3, -0.25) is 4.90 Å². The van der Waals surface area contributed by atoms with Crippen molar-refractivity contribution >= 4 is 12.0 Å². The van der Waals surface area contributed by atoms with E-state index in [2.05, 4.69) is 21.8 Å². The molecule has 0 N–H and O–H groups in total. The second-order valence-electron chi connectivity index (χ2n) is 7.29. The molecule has 2 amide bonds. The van der Waals surface area contributed by atoms with Crippen molar-refractivity contribution in [3.63, 3.8) is 0 Å². The minimum Gasteiger partial charge on any atom is -0.385 e. The van der Waals surface area contributed by atoms with Crippen molar-refractivity contribution in [1.82, 2.24) is 14.9 Å². The number of ether oxygens (including phenoxy) is 1. The number of hydrogen-bond acceptors (Lipinski definition) is 4. The number of fused-ring (bicyclic) bond motifs is 1. The maximum Gasteiger partial charge on any atom is 0.327 e. The lowest BCUT2D eigenvalue weighted by Crippen LogP contribution is -2.37. The summed E-state index contributed by atoms with van der Waals surface area (Å²) in [6.45, 7) is 1.32. The van der Waals surface area contributed by atoms with E-state index in [-0.39, 0.29) is 23.9 Å². The van der Waals surface area contributed by atoms with Crippen LogP contribution in [-0.2, 0) is 4.74 Å². The highest BCUT2D eigenvalue weighted by molar-refractivity contribution is 5.94. The maximum atomic E-state index is 13.3. The van der Waals surface area contributed by atoms with E-state index in [0.29, 0.717) is 30.2 Å². The van der Waals surface area contributed by atoms with Crippen molar-refractivity contribution in [2.75, 3.05) is 25.2 Å². The van der Waals surface area contributed by atoms with E-state index >= 15 is 0 Å². The van der Waals surface area contributed by atoms with E-state index in [9.17, 15) is 9.18 Å². The highest BCUT2D eigenvalue weighted by Gasteiger charge is 2.49. The quantitative estimate of drug-likeness (QED) is 0.577. The average Bonchev–Trinajstić information content (AvgIpc) is 3.28. The second-order valence-corrected chi connectivity index (χ2v) is 7.29. The molecule has 1 saturated carbocycles. The molecule has 2 heterocycles. The molecule has 1 aromatic heterocycles. The first-order chi connectivity index (χ1) is 14.2. The number of benzene rings is 1. The summed E-state index contributed by atoms with van der Waals surface area (Å²) in [5, 5.41) is 0. The molecule has 0 radical (unpaired) electrons. The predicted octanol–water partition coefficient (Wildman–Crippen LogP) is 3.22. The van der Waals surface area contributed by atoms with Crippen molar-refractivity contribution < 1.29 is 13.9 Å². The van der Waals surface area contributed by atoms with Gasteiger partial charge in [0.2, 0.25) is 5.95 Å². The van der Waals surface area contributed by atoms with Crippen molar-refractivity contribution in [3.8, 4) is 11.8 Å². The number of halogens is 1. The van der Waals surface area contributed by atoms with Gasteiger partial charge in [-0.2, -0.15) is 0 Å². The van der Waals surface area contributed by atoms with Crippen LogP contribution in [0.2, 0.25) is 0 Å². The number of methoxy groups -OCH3 is 1. The second kappa shape index (κ2) is 8.58. The standard InChI is InChI=1S/C22H23FN4O2/c1-29-12-4-11-26-19-7-3-8-20(19)27(22(26)28)21-24-14-17(15-25-21)10-9-16-5-2-6-18(23)13-16/h2,5-6,13-15,19-20H,3-4,7-8,11-12H2,1H3/t19-,20+/m0/s1. The monoisotopic (exact) mass is 394 g/mol. The molecular weight excluding hydrogens is 371 g/mol. The van der Waals surface area contributed by atoms with Gasteiger partial charge in [-0.25, -0.2) is 19.2 Å². The van der Waals surface area contributed by atoms with Gasteiger partial charge in [-0.05, 0) is 43.9 Å². The van der Waals surface area contributed by atoms with Crippen LogP contribution < -0.4 is 4.90 Å². The number of carbonyl (C=O) groups is 1. The third kappa shape index (κ3) is 4.08. The number of anilines is 1. The smallest absolute Gasteiger partial charge is 0.327 e. The minimum absolute atomic E-state index is 0.0330. The molecule has 2 aromatic rings. The molecule has 1 aromatic carbocycles. The average molecular weight is 394 g/mol. The van der Waals surface area contributed by atoms with Crippen molar-refractivity contribution in [2.24, 2.45) is 0 Å². The van der Waals surface area contributed by atoms with Gasteiger partial charge < -0.3 is 9.64 Å². The number of amides is 2. The summed E-state index contributed by atoms with van der Waals surface area (Å²) in [7, 11) is 1.67. The molecule has 29 heavy (non-hydrogen) atoms. The summed E-state index contributed by atoms with van der Waals surface area (Å²) in [5.74, 6) is 5.93. The zero-order valence-electron chi connectivity index (χ0n) is 16.3. The summed E-state index contributed by atoms with van der Waals surface area (Å²) in [4.78, 5) is 25.5. The Bertz CT molecular complexity index is 938. The normalized spacial score (nSPS) is 20.6. The summed E-state index contributed by atoms with van der Waals surface area (Å²) in [5.41, 5.74) is 1.20. The molecule has 6 nitrogen and oxygen atoms in total. The van der Waals surface area contributed by atoms with E-state index in [4.69, 9.17) is 4.74 Å². The molecule has 1 aliphatic heterocycles. The molecule has 0 bridgehead atoms. The van der Waals surface area contributed by atoms with Crippen LogP contribution in [0.3, 0.4) is 0 Å². The number of aromatic nitrogens is 2. The predicted molar refractivity (Wildman–Crippen MR) is 107 cm³/mol. The van der Waals surface area contributed by atoms with Crippen LogP contribution in [0, 0.1) is 17.7 Å². The lowest BCUT2D eigenvalue weighted by Gasteiger charge is -2.21. The van der Waals surface area contributed by atoms with Crippen LogP contribution in [0.15, 0.2) is 36.7 Å². The van der Waals surface area contributed by atoms with Crippen LogP contribution in [-0.4, -0.2) is 53.2 Å². The molecular formula is C22H23FN4O2. The Hall–Kier alpha value is -2.98. The van der Waals surface area contributed by atoms with Gasteiger partial charge in [-0.1, -0.05) is 17.9 Å². The zero-order valence-corrected chi connectivity index (χ0v) is 16.3. The Morgan fingerprint density at radius 3 is 2.69 bits per heavy atom. The lowest BCUT2D eigenvalue weighted by atomic mass is 10.1. The molecule has 150 valence electrons. The zero-order chi connectivity index (χ0) is 20.2. The third-order valence-corrected chi connectivity index (χ3v) is 5.40. The molecule has 2 atom stereocenters. The van der Waals surface area contributed by atoms with Gasteiger partial charge in [0.1, 0.15) is 5.82 Å². The van der Waals surface area contributed by atoms with Crippen LogP contribution >= 0.6 is 0 Å². The fourth-order valence-corrected chi connectivity index (χ4v) is 4.10.